The Morgan fingerprint density at radius 3 is 2.29 bits per heavy atom. The molecular weight excluding hydrogens is 497 g/mol. The first-order valence-electron chi connectivity index (χ1n) is 10.6. The third-order valence-electron chi connectivity index (χ3n) is 5.78. The number of aromatic nitrogens is 3. The van der Waals surface area contributed by atoms with Crippen molar-refractivity contribution in [3.8, 4) is 28.4 Å². The number of aromatic amines is 1. The molecular formula is C23H21ClN3O7P. The molecule has 0 spiro atoms. The fraction of sp³-hybridized carbons (Fsp3) is 0.217. The van der Waals surface area contributed by atoms with Gasteiger partial charge in [0.15, 0.2) is 11.8 Å². The van der Waals surface area contributed by atoms with E-state index in [0.29, 0.717) is 21.9 Å². The zero-order valence-electron chi connectivity index (χ0n) is 18.1. The molecule has 0 saturated carbocycles. The average Bonchev–Trinajstić information content (AvgIpc) is 3.40. The quantitative estimate of drug-likeness (QED) is 0.242. The lowest BCUT2D eigenvalue weighted by Crippen LogP contribution is -2.36. The summed E-state index contributed by atoms with van der Waals surface area (Å²) in [5.41, 5.74) is 3.87. The largest absolute Gasteiger partial charge is 0.456 e. The van der Waals surface area contributed by atoms with E-state index in [4.69, 9.17) is 21.1 Å². The summed E-state index contributed by atoms with van der Waals surface area (Å²) in [5.74, 6) is 0. The Bertz CT molecular complexity index is 1410. The first kappa shape index (κ1) is 23.9. The number of fused-ring (bicyclic) bond motifs is 1. The van der Waals surface area contributed by atoms with Gasteiger partial charge in [-0.1, -0.05) is 48.0 Å². The van der Waals surface area contributed by atoms with Crippen LogP contribution in [-0.4, -0.2) is 66.5 Å². The van der Waals surface area contributed by atoms with Crippen molar-refractivity contribution >= 4 is 35.7 Å². The molecule has 1 saturated heterocycles. The first-order valence-corrected chi connectivity index (χ1v) is 12.6. The van der Waals surface area contributed by atoms with Crippen LogP contribution in [0.2, 0.25) is 5.02 Å². The van der Waals surface area contributed by atoms with Gasteiger partial charge in [0.1, 0.15) is 12.2 Å². The number of aliphatic hydroxyl groups is 2. The molecule has 2 aromatic heterocycles. The van der Waals surface area contributed by atoms with Crippen molar-refractivity contribution in [1.82, 2.24) is 15.0 Å². The van der Waals surface area contributed by atoms with Gasteiger partial charge in [0.2, 0.25) is 0 Å². The number of rotatable bonds is 6. The molecule has 5 N–H and O–H groups in total. The highest BCUT2D eigenvalue weighted by atomic mass is 35.5. The standard InChI is InChI=1S/C23H21ClN3O7P/c24-16-9-17-22(27-23(25-17)34-19-11-33-18(10-28)21(19)29)26-20(16)14-3-1-12(2-4-14)13-5-7-15(8-6-13)35(30,31)32/h1-9,18-19,21,28-29H,10-11H2,(H,25,26,27)(H2,30,31,32)/t18-,19+,21-/m1/s1. The van der Waals surface area contributed by atoms with Gasteiger partial charge in [0.25, 0.3) is 6.01 Å². The summed E-state index contributed by atoms with van der Waals surface area (Å²) in [5, 5.41) is 19.7. The summed E-state index contributed by atoms with van der Waals surface area (Å²) in [6.45, 7) is -0.184. The van der Waals surface area contributed by atoms with E-state index in [1.54, 1.807) is 18.2 Å². The predicted octanol–water partition coefficient (Wildman–Crippen LogP) is 2.25. The SMILES string of the molecule is O=P(O)(O)c1ccc(-c2ccc(-c3nc4nc(O[C@H]5CO[C@H](CO)[C@H]5O)[nH]c4cc3Cl)cc2)cc1. The zero-order valence-corrected chi connectivity index (χ0v) is 19.7. The molecule has 0 unspecified atom stereocenters. The molecule has 1 aliphatic heterocycles. The summed E-state index contributed by atoms with van der Waals surface area (Å²) >= 11 is 6.48. The van der Waals surface area contributed by atoms with Crippen molar-refractivity contribution < 1.29 is 34.0 Å². The molecule has 5 rings (SSSR count). The van der Waals surface area contributed by atoms with Gasteiger partial charge >= 0.3 is 7.60 Å². The highest BCUT2D eigenvalue weighted by Gasteiger charge is 2.37. The lowest BCUT2D eigenvalue weighted by atomic mass is 10.0. The third-order valence-corrected chi connectivity index (χ3v) is 7.04. The Hall–Kier alpha value is -2.82. The maximum atomic E-state index is 11.4. The Balaban J connectivity index is 1.37. The number of nitrogens with one attached hydrogen (secondary N) is 1. The van der Waals surface area contributed by atoms with Crippen LogP contribution in [0.5, 0.6) is 6.01 Å². The summed E-state index contributed by atoms with van der Waals surface area (Å²) in [6, 6.07) is 15.4. The van der Waals surface area contributed by atoms with Gasteiger partial charge in [-0.2, -0.15) is 4.98 Å². The van der Waals surface area contributed by atoms with E-state index in [0.717, 1.165) is 16.7 Å². The fourth-order valence-electron chi connectivity index (χ4n) is 3.89. The average molecular weight is 518 g/mol. The number of halogens is 1. The molecule has 0 bridgehead atoms. The Morgan fingerprint density at radius 1 is 1.06 bits per heavy atom. The second-order valence-corrected chi connectivity index (χ2v) is 10.1. The van der Waals surface area contributed by atoms with Crippen LogP contribution in [0.3, 0.4) is 0 Å². The fourth-order valence-corrected chi connectivity index (χ4v) is 4.68. The van der Waals surface area contributed by atoms with Crippen molar-refractivity contribution in [3.63, 3.8) is 0 Å². The molecule has 0 aliphatic carbocycles. The summed E-state index contributed by atoms with van der Waals surface area (Å²) in [6.07, 6.45) is -2.35. The smallest absolute Gasteiger partial charge is 0.356 e. The molecule has 10 nitrogen and oxygen atoms in total. The van der Waals surface area contributed by atoms with E-state index in [1.807, 2.05) is 24.3 Å². The summed E-state index contributed by atoms with van der Waals surface area (Å²) in [7, 11) is -4.29. The molecule has 1 aliphatic rings. The van der Waals surface area contributed by atoms with Gasteiger partial charge in [0, 0.05) is 5.56 Å². The molecule has 2 aromatic carbocycles. The molecule has 4 aromatic rings. The first-order chi connectivity index (χ1) is 16.7. The number of ether oxygens (including phenoxy) is 2. The minimum Gasteiger partial charge on any atom is -0.456 e. The van der Waals surface area contributed by atoms with Crippen molar-refractivity contribution in [2.75, 3.05) is 13.2 Å². The number of H-pyrrole nitrogens is 1. The number of pyridine rings is 1. The molecule has 3 heterocycles. The molecule has 35 heavy (non-hydrogen) atoms. The van der Waals surface area contributed by atoms with E-state index < -0.39 is 25.9 Å². The predicted molar refractivity (Wildman–Crippen MR) is 129 cm³/mol. The second kappa shape index (κ2) is 9.33. The van der Waals surface area contributed by atoms with E-state index in [1.165, 1.54) is 12.1 Å². The van der Waals surface area contributed by atoms with Crippen LogP contribution in [0, 0.1) is 0 Å². The maximum Gasteiger partial charge on any atom is 0.356 e. The Labute approximate surface area is 204 Å². The van der Waals surface area contributed by atoms with E-state index in [-0.39, 0.29) is 24.5 Å². The molecule has 0 amide bonds. The van der Waals surface area contributed by atoms with Crippen LogP contribution < -0.4 is 10.0 Å². The monoisotopic (exact) mass is 517 g/mol. The third kappa shape index (κ3) is 4.82. The van der Waals surface area contributed by atoms with E-state index in [2.05, 4.69) is 15.0 Å². The van der Waals surface area contributed by atoms with Gasteiger partial charge in [-0.3, -0.25) is 4.57 Å². The number of benzene rings is 2. The lowest BCUT2D eigenvalue weighted by Gasteiger charge is -2.15. The highest BCUT2D eigenvalue weighted by molar-refractivity contribution is 7.60. The summed E-state index contributed by atoms with van der Waals surface area (Å²) in [4.78, 5) is 30.4. The number of hydrogen-bond acceptors (Lipinski definition) is 7. The molecule has 182 valence electrons. The van der Waals surface area contributed by atoms with Crippen LogP contribution >= 0.6 is 19.2 Å². The number of hydrogen-bond donors (Lipinski definition) is 5. The Morgan fingerprint density at radius 2 is 1.69 bits per heavy atom. The normalized spacial score (nSPS) is 20.4. The van der Waals surface area contributed by atoms with Gasteiger partial charge in [-0.05, 0) is 29.3 Å². The summed E-state index contributed by atoms with van der Waals surface area (Å²) < 4.78 is 22.4. The molecule has 1 fully saturated rings. The minimum atomic E-state index is -4.29. The number of imidazole rings is 1. The van der Waals surface area contributed by atoms with Crippen molar-refractivity contribution in [2.24, 2.45) is 0 Å². The van der Waals surface area contributed by atoms with Gasteiger partial charge < -0.3 is 34.5 Å². The molecule has 12 heteroatoms. The maximum absolute atomic E-state index is 11.4. The molecule has 0 radical (unpaired) electrons. The van der Waals surface area contributed by atoms with Gasteiger partial charge in [0.05, 0.1) is 34.8 Å². The number of nitrogens with zero attached hydrogens (tertiary/aromatic N) is 2. The van der Waals surface area contributed by atoms with Crippen LogP contribution in [0.4, 0.5) is 0 Å². The van der Waals surface area contributed by atoms with E-state index in [9.17, 15) is 24.6 Å². The van der Waals surface area contributed by atoms with Gasteiger partial charge in [-0.25, -0.2) is 4.98 Å². The van der Waals surface area contributed by atoms with Crippen molar-refractivity contribution in [1.29, 1.82) is 0 Å². The van der Waals surface area contributed by atoms with Crippen molar-refractivity contribution in [2.45, 2.75) is 18.3 Å². The lowest BCUT2D eigenvalue weighted by molar-refractivity contribution is -0.00390. The van der Waals surface area contributed by atoms with E-state index >= 15 is 0 Å². The molecule has 3 atom stereocenters. The zero-order chi connectivity index (χ0) is 24.7. The van der Waals surface area contributed by atoms with Crippen LogP contribution in [0.15, 0.2) is 54.6 Å². The highest BCUT2D eigenvalue weighted by Crippen LogP contribution is 2.35. The second-order valence-electron chi connectivity index (χ2n) is 8.10. The minimum absolute atomic E-state index is 0.0345. The van der Waals surface area contributed by atoms with Crippen LogP contribution in [0.25, 0.3) is 33.5 Å². The number of aliphatic hydroxyl groups excluding tert-OH is 2. The van der Waals surface area contributed by atoms with Crippen LogP contribution in [-0.2, 0) is 9.30 Å². The van der Waals surface area contributed by atoms with Crippen molar-refractivity contribution in [3.05, 3.63) is 59.6 Å². The van der Waals surface area contributed by atoms with Crippen LogP contribution in [0.1, 0.15) is 0 Å². The Kier molecular flexibility index (Phi) is 6.37. The topological polar surface area (TPSA) is 158 Å². The van der Waals surface area contributed by atoms with Gasteiger partial charge in [-0.15, -0.1) is 0 Å².